The summed E-state index contributed by atoms with van der Waals surface area (Å²) in [5, 5.41) is 5.10. The highest BCUT2D eigenvalue weighted by Crippen LogP contribution is 2.08. The van der Waals surface area contributed by atoms with Crippen LogP contribution in [0.3, 0.4) is 0 Å². The SMILES string of the molecule is CC(=O)N[C@H](Cc1cccc(F)c1)C(=O)N[C@@H](C/C=C/c1ccccc1)C(N)=O. The van der Waals surface area contributed by atoms with E-state index in [2.05, 4.69) is 10.6 Å². The Morgan fingerprint density at radius 1 is 1.03 bits per heavy atom. The zero-order valence-electron chi connectivity index (χ0n) is 16.1. The molecule has 0 aliphatic heterocycles. The second-order valence-electron chi connectivity index (χ2n) is 6.60. The Morgan fingerprint density at radius 2 is 1.76 bits per heavy atom. The number of nitrogens with one attached hydrogen (secondary N) is 2. The number of nitrogens with two attached hydrogens (primary N) is 1. The summed E-state index contributed by atoms with van der Waals surface area (Å²) in [6, 6.07) is 13.3. The fourth-order valence-electron chi connectivity index (χ4n) is 2.78. The largest absolute Gasteiger partial charge is 0.368 e. The van der Waals surface area contributed by atoms with Gasteiger partial charge >= 0.3 is 0 Å². The molecule has 0 unspecified atom stereocenters. The minimum atomic E-state index is -0.964. The first-order valence-corrected chi connectivity index (χ1v) is 9.18. The molecule has 0 bridgehead atoms. The maximum absolute atomic E-state index is 13.4. The topological polar surface area (TPSA) is 101 Å². The minimum absolute atomic E-state index is 0.0779. The molecule has 2 rings (SSSR count). The fourth-order valence-corrected chi connectivity index (χ4v) is 2.78. The molecule has 0 aliphatic carbocycles. The van der Waals surface area contributed by atoms with Crippen LogP contribution in [-0.2, 0) is 20.8 Å². The van der Waals surface area contributed by atoms with E-state index in [0.29, 0.717) is 5.56 Å². The number of carbonyl (C=O) groups excluding carboxylic acids is 3. The minimum Gasteiger partial charge on any atom is -0.368 e. The van der Waals surface area contributed by atoms with Crippen molar-refractivity contribution >= 4 is 23.8 Å². The molecule has 2 aromatic rings. The maximum atomic E-state index is 13.4. The lowest BCUT2D eigenvalue weighted by molar-refractivity contribution is -0.130. The Labute approximate surface area is 169 Å². The first kappa shape index (κ1) is 21.8. The highest BCUT2D eigenvalue weighted by atomic mass is 19.1. The molecule has 0 aromatic heterocycles. The molecule has 4 N–H and O–H groups in total. The molecule has 3 amide bonds. The number of hydrogen-bond donors (Lipinski definition) is 3. The summed E-state index contributed by atoms with van der Waals surface area (Å²) in [5.41, 5.74) is 6.90. The summed E-state index contributed by atoms with van der Waals surface area (Å²) >= 11 is 0. The number of carbonyl (C=O) groups is 3. The van der Waals surface area contributed by atoms with Crippen molar-refractivity contribution in [2.24, 2.45) is 5.73 Å². The van der Waals surface area contributed by atoms with E-state index >= 15 is 0 Å². The van der Waals surface area contributed by atoms with Crippen LogP contribution in [0.4, 0.5) is 4.39 Å². The quantitative estimate of drug-likeness (QED) is 0.603. The van der Waals surface area contributed by atoms with Gasteiger partial charge in [0.1, 0.15) is 17.9 Å². The van der Waals surface area contributed by atoms with Gasteiger partial charge in [0, 0.05) is 13.3 Å². The summed E-state index contributed by atoms with van der Waals surface area (Å²) in [4.78, 5) is 35.9. The smallest absolute Gasteiger partial charge is 0.243 e. The van der Waals surface area contributed by atoms with Crippen LogP contribution in [0.1, 0.15) is 24.5 Å². The molecule has 0 aliphatic rings. The molecular formula is C22H24FN3O3. The van der Waals surface area contributed by atoms with Crippen molar-refractivity contribution in [3.63, 3.8) is 0 Å². The van der Waals surface area contributed by atoms with Crippen LogP contribution in [0, 0.1) is 5.82 Å². The molecule has 0 saturated heterocycles. The molecule has 0 fully saturated rings. The molecule has 2 aromatic carbocycles. The summed E-state index contributed by atoms with van der Waals surface area (Å²) in [6.45, 7) is 1.28. The Balaban J connectivity index is 2.06. The van der Waals surface area contributed by atoms with E-state index in [9.17, 15) is 18.8 Å². The van der Waals surface area contributed by atoms with E-state index in [1.54, 1.807) is 12.1 Å². The first-order valence-electron chi connectivity index (χ1n) is 9.18. The first-order chi connectivity index (χ1) is 13.8. The van der Waals surface area contributed by atoms with Gasteiger partial charge < -0.3 is 16.4 Å². The molecule has 152 valence electrons. The maximum Gasteiger partial charge on any atom is 0.243 e. The zero-order chi connectivity index (χ0) is 21.2. The third-order valence-corrected chi connectivity index (χ3v) is 4.16. The van der Waals surface area contributed by atoms with Gasteiger partial charge in [-0.3, -0.25) is 14.4 Å². The lowest BCUT2D eigenvalue weighted by Crippen LogP contribution is -2.53. The Morgan fingerprint density at radius 3 is 2.38 bits per heavy atom. The van der Waals surface area contributed by atoms with Crippen molar-refractivity contribution in [2.75, 3.05) is 0 Å². The summed E-state index contributed by atoms with van der Waals surface area (Å²) in [7, 11) is 0. The molecule has 0 spiro atoms. The molecule has 7 heteroatoms. The van der Waals surface area contributed by atoms with Gasteiger partial charge in [0.15, 0.2) is 0 Å². The number of halogens is 1. The Bertz CT molecular complexity index is 884. The molecule has 29 heavy (non-hydrogen) atoms. The normalized spacial score (nSPS) is 12.9. The molecule has 6 nitrogen and oxygen atoms in total. The van der Waals surface area contributed by atoms with Crippen LogP contribution in [0.5, 0.6) is 0 Å². The number of rotatable bonds is 9. The average molecular weight is 397 g/mol. The van der Waals surface area contributed by atoms with Gasteiger partial charge in [-0.2, -0.15) is 0 Å². The van der Waals surface area contributed by atoms with Crippen molar-refractivity contribution in [3.8, 4) is 0 Å². The van der Waals surface area contributed by atoms with E-state index in [-0.39, 0.29) is 12.8 Å². The summed E-state index contributed by atoms with van der Waals surface area (Å²) < 4.78 is 13.4. The van der Waals surface area contributed by atoms with Crippen LogP contribution >= 0.6 is 0 Å². The van der Waals surface area contributed by atoms with Crippen molar-refractivity contribution in [2.45, 2.75) is 31.8 Å². The van der Waals surface area contributed by atoms with E-state index in [4.69, 9.17) is 5.73 Å². The van der Waals surface area contributed by atoms with Gasteiger partial charge in [0.2, 0.25) is 17.7 Å². The average Bonchev–Trinajstić information content (AvgIpc) is 2.67. The summed E-state index contributed by atoms with van der Waals surface area (Å²) in [5.74, 6) is -2.11. The monoisotopic (exact) mass is 397 g/mol. The number of benzene rings is 2. The van der Waals surface area contributed by atoms with Gasteiger partial charge in [-0.05, 0) is 29.7 Å². The fraction of sp³-hybridized carbons (Fsp3) is 0.227. The Hall–Kier alpha value is -3.48. The second-order valence-corrected chi connectivity index (χ2v) is 6.60. The van der Waals surface area contributed by atoms with Crippen LogP contribution in [0.2, 0.25) is 0 Å². The second kappa shape index (κ2) is 10.8. The zero-order valence-corrected chi connectivity index (χ0v) is 16.1. The predicted octanol–water partition coefficient (Wildman–Crippen LogP) is 1.95. The third kappa shape index (κ3) is 7.57. The molecular weight excluding hydrogens is 373 g/mol. The van der Waals surface area contributed by atoms with Crippen LogP contribution in [0.15, 0.2) is 60.7 Å². The van der Waals surface area contributed by atoms with E-state index < -0.39 is 35.6 Å². The highest BCUT2D eigenvalue weighted by molar-refractivity contribution is 5.91. The van der Waals surface area contributed by atoms with Crippen molar-refractivity contribution < 1.29 is 18.8 Å². The molecule has 0 heterocycles. The number of hydrogen-bond acceptors (Lipinski definition) is 3. The van der Waals surface area contributed by atoms with Crippen LogP contribution < -0.4 is 16.4 Å². The lowest BCUT2D eigenvalue weighted by Gasteiger charge is -2.21. The summed E-state index contributed by atoms with van der Waals surface area (Å²) in [6.07, 6.45) is 3.84. The highest BCUT2D eigenvalue weighted by Gasteiger charge is 2.24. The van der Waals surface area contributed by atoms with Gasteiger partial charge in [0.25, 0.3) is 0 Å². The van der Waals surface area contributed by atoms with E-state index in [0.717, 1.165) is 5.56 Å². The van der Waals surface area contributed by atoms with E-state index in [1.165, 1.54) is 25.1 Å². The molecule has 2 atom stereocenters. The molecule has 0 saturated carbocycles. The lowest BCUT2D eigenvalue weighted by atomic mass is 10.0. The number of amides is 3. The van der Waals surface area contributed by atoms with Crippen molar-refractivity contribution in [1.29, 1.82) is 0 Å². The van der Waals surface area contributed by atoms with E-state index in [1.807, 2.05) is 36.4 Å². The van der Waals surface area contributed by atoms with Crippen LogP contribution in [-0.4, -0.2) is 29.8 Å². The Kier molecular flexibility index (Phi) is 8.09. The number of primary amides is 1. The third-order valence-electron chi connectivity index (χ3n) is 4.16. The van der Waals surface area contributed by atoms with Gasteiger partial charge in [-0.1, -0.05) is 54.6 Å². The van der Waals surface area contributed by atoms with Crippen molar-refractivity contribution in [1.82, 2.24) is 10.6 Å². The van der Waals surface area contributed by atoms with Crippen molar-refractivity contribution in [3.05, 3.63) is 77.6 Å². The van der Waals surface area contributed by atoms with Crippen LogP contribution in [0.25, 0.3) is 6.08 Å². The van der Waals surface area contributed by atoms with Gasteiger partial charge in [-0.15, -0.1) is 0 Å². The van der Waals surface area contributed by atoms with Gasteiger partial charge in [0.05, 0.1) is 0 Å². The standard InChI is InChI=1S/C22H24FN3O3/c1-15(27)25-20(14-17-10-5-11-18(23)13-17)22(29)26-19(21(24)28)12-6-9-16-7-3-2-4-8-16/h2-11,13,19-20H,12,14H2,1H3,(H2,24,28)(H,25,27)(H,26,29)/b9-6+/t19-,20+/m0/s1. The molecule has 0 radical (unpaired) electrons. The predicted molar refractivity (Wildman–Crippen MR) is 109 cm³/mol. The van der Waals surface area contributed by atoms with Gasteiger partial charge in [-0.25, -0.2) is 4.39 Å².